The van der Waals surface area contributed by atoms with Gasteiger partial charge < -0.3 is 15.0 Å². The maximum Gasteiger partial charge on any atom is 0.221 e. The lowest BCUT2D eigenvalue weighted by atomic mass is 9.89. The number of H-pyrrole nitrogens is 1. The van der Waals surface area contributed by atoms with Gasteiger partial charge in [-0.3, -0.25) is 4.79 Å². The topological polar surface area (TPSA) is 88.3 Å². The van der Waals surface area contributed by atoms with Crippen molar-refractivity contribution >= 4 is 38.0 Å². The summed E-state index contributed by atoms with van der Waals surface area (Å²) in [5, 5.41) is 7.92. The summed E-state index contributed by atoms with van der Waals surface area (Å²) < 4.78 is 28.9. The van der Waals surface area contributed by atoms with Crippen LogP contribution in [0.25, 0.3) is 10.9 Å². The molecule has 0 bridgehead atoms. The Morgan fingerprint density at radius 2 is 2.25 bits per heavy atom. The van der Waals surface area contributed by atoms with Gasteiger partial charge >= 0.3 is 0 Å². The molecule has 2 N–H and O–H groups in total. The standard InChI is InChI=1S/C20H22N2O4S2/c1-26-18-4-2-3-17-20(18)16(10-21-17)15(13-5-7-27-11-13)9-19(23)22-14-6-8-28(24,25)12-14/h2-5,7,10-11,14-15,21H,6,8-9,12H2,1H3,(H,22,23)/t14-,15+/m1/s1. The fourth-order valence-electron chi connectivity index (χ4n) is 3.88. The van der Waals surface area contributed by atoms with E-state index >= 15 is 0 Å². The highest BCUT2D eigenvalue weighted by Crippen LogP contribution is 2.38. The van der Waals surface area contributed by atoms with Crippen LogP contribution in [-0.4, -0.2) is 44.0 Å². The smallest absolute Gasteiger partial charge is 0.221 e. The largest absolute Gasteiger partial charge is 0.496 e. The average Bonchev–Trinajstić information content (AvgIpc) is 3.39. The van der Waals surface area contributed by atoms with E-state index in [-0.39, 0.29) is 35.8 Å². The number of carbonyl (C=O) groups is 1. The summed E-state index contributed by atoms with van der Waals surface area (Å²) >= 11 is 1.59. The highest BCUT2D eigenvalue weighted by molar-refractivity contribution is 7.91. The van der Waals surface area contributed by atoms with Gasteiger partial charge in [-0.1, -0.05) is 6.07 Å². The van der Waals surface area contributed by atoms with Gasteiger partial charge in [0.2, 0.25) is 5.91 Å². The lowest BCUT2D eigenvalue weighted by molar-refractivity contribution is -0.121. The van der Waals surface area contributed by atoms with Gasteiger partial charge in [-0.2, -0.15) is 11.3 Å². The van der Waals surface area contributed by atoms with Gasteiger partial charge in [0.15, 0.2) is 9.84 Å². The van der Waals surface area contributed by atoms with E-state index in [1.54, 1.807) is 18.4 Å². The number of amides is 1. The Morgan fingerprint density at radius 3 is 2.93 bits per heavy atom. The molecule has 4 rings (SSSR count). The Labute approximate surface area is 167 Å². The lowest BCUT2D eigenvalue weighted by Crippen LogP contribution is -2.36. The predicted molar refractivity (Wildman–Crippen MR) is 111 cm³/mol. The molecule has 0 unspecified atom stereocenters. The minimum Gasteiger partial charge on any atom is -0.496 e. The minimum atomic E-state index is -3.03. The van der Waals surface area contributed by atoms with E-state index in [0.29, 0.717) is 6.42 Å². The predicted octanol–water partition coefficient (Wildman–Crippen LogP) is 3.06. The fraction of sp³-hybridized carbons (Fsp3) is 0.350. The molecular weight excluding hydrogens is 396 g/mol. The zero-order chi connectivity index (χ0) is 19.7. The summed E-state index contributed by atoms with van der Waals surface area (Å²) in [5.41, 5.74) is 3.02. The number of sulfone groups is 1. The van der Waals surface area contributed by atoms with Crippen molar-refractivity contribution < 1.29 is 17.9 Å². The third-order valence-corrected chi connectivity index (χ3v) is 7.70. The fourth-order valence-corrected chi connectivity index (χ4v) is 6.27. The molecule has 0 radical (unpaired) electrons. The maximum absolute atomic E-state index is 12.8. The van der Waals surface area contributed by atoms with Gasteiger partial charge in [0.25, 0.3) is 0 Å². The van der Waals surface area contributed by atoms with Crippen LogP contribution in [-0.2, 0) is 14.6 Å². The average molecular weight is 419 g/mol. The van der Waals surface area contributed by atoms with Crippen molar-refractivity contribution in [2.75, 3.05) is 18.6 Å². The number of fused-ring (bicyclic) bond motifs is 1. The van der Waals surface area contributed by atoms with Crippen molar-refractivity contribution in [1.29, 1.82) is 0 Å². The Morgan fingerprint density at radius 1 is 1.39 bits per heavy atom. The van der Waals surface area contributed by atoms with Crippen molar-refractivity contribution in [3.05, 3.63) is 52.3 Å². The van der Waals surface area contributed by atoms with E-state index in [9.17, 15) is 13.2 Å². The van der Waals surface area contributed by atoms with E-state index in [1.807, 2.05) is 41.2 Å². The molecule has 1 aliphatic heterocycles. The Bertz CT molecular complexity index is 1090. The van der Waals surface area contributed by atoms with Crippen LogP contribution in [0.3, 0.4) is 0 Å². The van der Waals surface area contributed by atoms with Crippen LogP contribution in [0.1, 0.15) is 29.9 Å². The van der Waals surface area contributed by atoms with Gasteiger partial charge in [0.05, 0.1) is 18.6 Å². The highest BCUT2D eigenvalue weighted by Gasteiger charge is 2.30. The molecule has 3 heterocycles. The quantitative estimate of drug-likeness (QED) is 0.644. The summed E-state index contributed by atoms with van der Waals surface area (Å²) in [7, 11) is -1.39. The number of methoxy groups -OCH3 is 1. The molecular formula is C20H22N2O4S2. The van der Waals surface area contributed by atoms with Crippen LogP contribution in [0.5, 0.6) is 5.75 Å². The number of hydrogen-bond acceptors (Lipinski definition) is 5. The van der Waals surface area contributed by atoms with Crippen LogP contribution < -0.4 is 10.1 Å². The molecule has 8 heteroatoms. The normalized spacial score (nSPS) is 19.5. The van der Waals surface area contributed by atoms with Gasteiger partial charge in [0, 0.05) is 35.5 Å². The molecule has 28 heavy (non-hydrogen) atoms. The number of aromatic nitrogens is 1. The van der Waals surface area contributed by atoms with E-state index < -0.39 is 9.84 Å². The molecule has 1 aromatic carbocycles. The number of thiophene rings is 1. The van der Waals surface area contributed by atoms with Gasteiger partial charge in [-0.05, 0) is 46.5 Å². The number of rotatable bonds is 6. The monoisotopic (exact) mass is 418 g/mol. The van der Waals surface area contributed by atoms with Crippen LogP contribution in [0.15, 0.2) is 41.2 Å². The first kappa shape index (κ1) is 19.0. The third-order valence-electron chi connectivity index (χ3n) is 5.23. The van der Waals surface area contributed by atoms with E-state index in [0.717, 1.165) is 27.8 Å². The van der Waals surface area contributed by atoms with Gasteiger partial charge in [-0.15, -0.1) is 0 Å². The van der Waals surface area contributed by atoms with Crippen LogP contribution >= 0.6 is 11.3 Å². The zero-order valence-electron chi connectivity index (χ0n) is 15.5. The van der Waals surface area contributed by atoms with Crippen LogP contribution in [0.4, 0.5) is 0 Å². The second-order valence-corrected chi connectivity index (χ2v) is 10.1. The summed E-state index contributed by atoms with van der Waals surface area (Å²) in [5.74, 6) is 0.655. The number of nitrogens with one attached hydrogen (secondary N) is 2. The summed E-state index contributed by atoms with van der Waals surface area (Å²) in [6, 6.07) is 7.55. The first-order chi connectivity index (χ1) is 13.5. The van der Waals surface area contributed by atoms with E-state index in [1.165, 1.54) is 0 Å². The lowest BCUT2D eigenvalue weighted by Gasteiger charge is -2.18. The highest BCUT2D eigenvalue weighted by atomic mass is 32.2. The van der Waals surface area contributed by atoms with Gasteiger partial charge in [-0.25, -0.2) is 8.42 Å². The van der Waals surface area contributed by atoms with Crippen molar-refractivity contribution in [2.45, 2.75) is 24.8 Å². The summed E-state index contributed by atoms with van der Waals surface area (Å²) in [4.78, 5) is 16.0. The zero-order valence-corrected chi connectivity index (χ0v) is 17.1. The van der Waals surface area contributed by atoms with Crippen molar-refractivity contribution in [2.24, 2.45) is 0 Å². The molecule has 148 valence electrons. The number of benzene rings is 1. The number of aromatic amines is 1. The molecule has 1 aliphatic rings. The second-order valence-electron chi connectivity index (χ2n) is 7.11. The summed E-state index contributed by atoms with van der Waals surface area (Å²) in [6.07, 6.45) is 2.67. The van der Waals surface area contributed by atoms with Crippen LogP contribution in [0.2, 0.25) is 0 Å². The molecule has 2 aromatic heterocycles. The Balaban J connectivity index is 1.63. The SMILES string of the molecule is COc1cccc2[nH]cc([C@@H](CC(=O)N[C@@H]3CCS(=O)(=O)C3)c3ccsc3)c12. The number of ether oxygens (including phenoxy) is 1. The number of carbonyl (C=O) groups excluding carboxylic acids is 1. The third kappa shape index (κ3) is 3.79. The van der Waals surface area contributed by atoms with E-state index in [4.69, 9.17) is 4.74 Å². The maximum atomic E-state index is 12.8. The molecule has 0 aliphatic carbocycles. The van der Waals surface area contributed by atoms with Crippen molar-refractivity contribution in [1.82, 2.24) is 10.3 Å². The van der Waals surface area contributed by atoms with Crippen LogP contribution in [0, 0.1) is 0 Å². The molecule has 1 saturated heterocycles. The minimum absolute atomic E-state index is 0.0305. The van der Waals surface area contributed by atoms with Crippen molar-refractivity contribution in [3.8, 4) is 5.75 Å². The first-order valence-corrected chi connectivity index (χ1v) is 11.9. The number of hydrogen-bond donors (Lipinski definition) is 2. The van der Waals surface area contributed by atoms with Crippen molar-refractivity contribution in [3.63, 3.8) is 0 Å². The first-order valence-electron chi connectivity index (χ1n) is 9.12. The molecule has 3 aromatic rings. The van der Waals surface area contributed by atoms with Gasteiger partial charge in [0.1, 0.15) is 5.75 Å². The second kappa shape index (κ2) is 7.60. The van der Waals surface area contributed by atoms with E-state index in [2.05, 4.69) is 10.3 Å². The molecule has 0 saturated carbocycles. The Hall–Kier alpha value is -2.32. The molecule has 0 spiro atoms. The molecule has 1 amide bonds. The molecule has 6 nitrogen and oxygen atoms in total. The summed E-state index contributed by atoms with van der Waals surface area (Å²) in [6.45, 7) is 0. The molecule has 1 fully saturated rings. The molecule has 2 atom stereocenters. The Kier molecular flexibility index (Phi) is 5.16.